The fourth-order valence-electron chi connectivity index (χ4n) is 4.92. The SMILES string of the molecule is CN[C@@H]1CC[C@@H](Nc2ccnc3[nH]c(Cl)c(C=O)c23)C(c2ccc(Oc3ccccc3)cc2)C1. The van der Waals surface area contributed by atoms with Gasteiger partial charge in [-0.3, -0.25) is 4.79 Å². The van der Waals surface area contributed by atoms with Crippen LogP contribution in [0.1, 0.15) is 41.1 Å². The Morgan fingerprint density at radius 3 is 2.56 bits per heavy atom. The Bertz CT molecular complexity index is 1270. The molecule has 4 aromatic rings. The molecule has 0 aliphatic heterocycles. The lowest BCUT2D eigenvalue weighted by Crippen LogP contribution is -2.40. The number of nitrogens with zero attached hydrogens (tertiary/aromatic N) is 1. The van der Waals surface area contributed by atoms with Crippen LogP contribution < -0.4 is 15.4 Å². The van der Waals surface area contributed by atoms with Gasteiger partial charge in [-0.05, 0) is 62.2 Å². The summed E-state index contributed by atoms with van der Waals surface area (Å²) in [5, 5.41) is 8.23. The number of benzene rings is 2. The highest BCUT2D eigenvalue weighted by atomic mass is 35.5. The van der Waals surface area contributed by atoms with E-state index in [1.807, 2.05) is 55.6 Å². The fourth-order valence-corrected chi connectivity index (χ4v) is 5.15. The van der Waals surface area contributed by atoms with E-state index in [1.54, 1.807) is 6.20 Å². The molecule has 2 heterocycles. The zero-order valence-electron chi connectivity index (χ0n) is 18.9. The number of aromatic nitrogens is 2. The lowest BCUT2D eigenvalue weighted by Gasteiger charge is -2.37. The molecule has 2 aromatic heterocycles. The predicted molar refractivity (Wildman–Crippen MR) is 136 cm³/mol. The molecule has 6 nitrogen and oxygen atoms in total. The quantitative estimate of drug-likeness (QED) is 0.280. The van der Waals surface area contributed by atoms with Gasteiger partial charge in [0.2, 0.25) is 0 Å². The van der Waals surface area contributed by atoms with Gasteiger partial charge in [0, 0.05) is 29.9 Å². The van der Waals surface area contributed by atoms with Gasteiger partial charge < -0.3 is 20.4 Å². The molecule has 1 aliphatic carbocycles. The summed E-state index contributed by atoms with van der Waals surface area (Å²) in [4.78, 5) is 19.0. The number of pyridine rings is 1. The number of H-pyrrole nitrogens is 1. The van der Waals surface area contributed by atoms with Gasteiger partial charge >= 0.3 is 0 Å². The summed E-state index contributed by atoms with van der Waals surface area (Å²) in [5.74, 6) is 1.92. The normalized spacial score (nSPS) is 20.2. The van der Waals surface area contributed by atoms with Crippen LogP contribution in [0, 0.1) is 0 Å². The highest BCUT2D eigenvalue weighted by molar-refractivity contribution is 6.34. The Morgan fingerprint density at radius 2 is 1.82 bits per heavy atom. The topological polar surface area (TPSA) is 79.0 Å². The molecule has 5 rings (SSSR count). The number of para-hydroxylation sites is 1. The minimum absolute atomic E-state index is 0.198. The maximum atomic E-state index is 11.7. The first-order valence-electron chi connectivity index (χ1n) is 11.5. The van der Waals surface area contributed by atoms with Crippen LogP contribution in [0.15, 0.2) is 66.9 Å². The standard InChI is InChI=1S/C27H27ClN4O2/c1-29-18-9-12-23(31-24-13-14-30-27-25(24)22(16-33)26(28)32-27)21(15-18)17-7-10-20(11-8-17)34-19-5-3-2-4-6-19/h2-8,10-11,13-14,16,18,21,23,29H,9,12,15H2,1H3,(H2,30,31,32)/t18-,21?,23-/m1/s1. The molecule has 0 bridgehead atoms. The Labute approximate surface area is 203 Å². The first kappa shape index (κ1) is 22.4. The Morgan fingerprint density at radius 1 is 1.06 bits per heavy atom. The third-order valence-corrected chi connectivity index (χ3v) is 6.99. The molecule has 0 saturated heterocycles. The largest absolute Gasteiger partial charge is 0.457 e. The van der Waals surface area contributed by atoms with Crippen molar-refractivity contribution in [1.82, 2.24) is 15.3 Å². The van der Waals surface area contributed by atoms with Gasteiger partial charge in [-0.15, -0.1) is 0 Å². The number of halogens is 1. The third-order valence-electron chi connectivity index (χ3n) is 6.69. The van der Waals surface area contributed by atoms with Crippen molar-refractivity contribution in [3.05, 3.63) is 83.1 Å². The van der Waals surface area contributed by atoms with E-state index in [4.69, 9.17) is 16.3 Å². The van der Waals surface area contributed by atoms with Crippen molar-refractivity contribution >= 4 is 34.6 Å². The van der Waals surface area contributed by atoms with Crippen molar-refractivity contribution in [1.29, 1.82) is 0 Å². The number of aromatic amines is 1. The number of hydrogen-bond acceptors (Lipinski definition) is 5. The van der Waals surface area contributed by atoms with E-state index in [0.29, 0.717) is 22.4 Å². The van der Waals surface area contributed by atoms with Gasteiger partial charge in [0.1, 0.15) is 22.3 Å². The first-order valence-corrected chi connectivity index (χ1v) is 11.9. The van der Waals surface area contributed by atoms with E-state index in [9.17, 15) is 4.79 Å². The molecule has 0 amide bonds. The molecule has 1 saturated carbocycles. The average molecular weight is 475 g/mol. The number of rotatable bonds is 7. The van der Waals surface area contributed by atoms with Crippen LogP contribution >= 0.6 is 11.6 Å². The number of fused-ring (bicyclic) bond motifs is 1. The van der Waals surface area contributed by atoms with Crippen LogP contribution in [0.5, 0.6) is 11.5 Å². The Hall–Kier alpha value is -3.35. The van der Waals surface area contributed by atoms with Crippen molar-refractivity contribution in [3.63, 3.8) is 0 Å². The van der Waals surface area contributed by atoms with Gasteiger partial charge in [-0.2, -0.15) is 0 Å². The molecule has 0 spiro atoms. The fraction of sp³-hybridized carbons (Fsp3) is 0.259. The van der Waals surface area contributed by atoms with E-state index >= 15 is 0 Å². The highest BCUT2D eigenvalue weighted by Crippen LogP contribution is 2.38. The number of ether oxygens (including phenoxy) is 1. The Balaban J connectivity index is 1.42. The highest BCUT2D eigenvalue weighted by Gasteiger charge is 2.32. The first-order chi connectivity index (χ1) is 16.7. The van der Waals surface area contributed by atoms with Crippen molar-refractivity contribution < 1.29 is 9.53 Å². The summed E-state index contributed by atoms with van der Waals surface area (Å²) < 4.78 is 5.98. The van der Waals surface area contributed by atoms with Crippen LogP contribution in [0.2, 0.25) is 5.15 Å². The van der Waals surface area contributed by atoms with Crippen molar-refractivity contribution in [3.8, 4) is 11.5 Å². The summed E-state index contributed by atoms with van der Waals surface area (Å²) in [6.45, 7) is 0. The number of nitrogens with one attached hydrogen (secondary N) is 3. The lowest BCUT2D eigenvalue weighted by atomic mass is 9.77. The predicted octanol–water partition coefficient (Wildman–Crippen LogP) is 6.16. The van der Waals surface area contributed by atoms with Crippen LogP contribution in [0.3, 0.4) is 0 Å². The summed E-state index contributed by atoms with van der Waals surface area (Å²) in [6.07, 6.45) is 5.60. The average Bonchev–Trinajstić information content (AvgIpc) is 3.21. The van der Waals surface area contributed by atoms with Crippen LogP contribution in [-0.2, 0) is 0 Å². The second kappa shape index (κ2) is 9.87. The Kier molecular flexibility index (Phi) is 6.52. The number of hydrogen-bond donors (Lipinski definition) is 3. The minimum Gasteiger partial charge on any atom is -0.457 e. The van der Waals surface area contributed by atoms with E-state index in [2.05, 4.69) is 32.7 Å². The second-order valence-electron chi connectivity index (χ2n) is 8.69. The zero-order chi connectivity index (χ0) is 23.5. The van der Waals surface area contributed by atoms with Gasteiger partial charge in [0.05, 0.1) is 10.9 Å². The molecular formula is C27H27ClN4O2. The van der Waals surface area contributed by atoms with Gasteiger partial charge in [0.25, 0.3) is 0 Å². The van der Waals surface area contributed by atoms with Crippen molar-refractivity contribution in [2.45, 2.75) is 37.3 Å². The summed E-state index contributed by atoms with van der Waals surface area (Å²) in [6, 6.07) is 20.7. The third kappa shape index (κ3) is 4.52. The lowest BCUT2D eigenvalue weighted by molar-refractivity contribution is 0.112. The molecule has 0 radical (unpaired) electrons. The van der Waals surface area contributed by atoms with E-state index in [-0.39, 0.29) is 12.0 Å². The monoisotopic (exact) mass is 474 g/mol. The number of carbonyl (C=O) groups is 1. The maximum Gasteiger partial charge on any atom is 0.153 e. The molecular weight excluding hydrogens is 448 g/mol. The van der Waals surface area contributed by atoms with E-state index in [0.717, 1.165) is 48.1 Å². The minimum atomic E-state index is 0.198. The van der Waals surface area contributed by atoms with Gasteiger partial charge in [0.15, 0.2) is 6.29 Å². The molecule has 1 unspecified atom stereocenters. The zero-order valence-corrected chi connectivity index (χ0v) is 19.7. The second-order valence-corrected chi connectivity index (χ2v) is 9.07. The molecule has 1 fully saturated rings. The number of carbonyl (C=O) groups excluding carboxylic acids is 1. The molecule has 34 heavy (non-hydrogen) atoms. The van der Waals surface area contributed by atoms with Crippen molar-refractivity contribution in [2.24, 2.45) is 0 Å². The number of aldehydes is 1. The molecule has 174 valence electrons. The molecule has 2 aromatic carbocycles. The molecule has 3 atom stereocenters. The van der Waals surface area contributed by atoms with Crippen molar-refractivity contribution in [2.75, 3.05) is 12.4 Å². The van der Waals surface area contributed by atoms with Gasteiger partial charge in [-0.25, -0.2) is 4.98 Å². The maximum absolute atomic E-state index is 11.7. The summed E-state index contributed by atoms with van der Waals surface area (Å²) in [7, 11) is 2.02. The summed E-state index contributed by atoms with van der Waals surface area (Å²) >= 11 is 6.24. The van der Waals surface area contributed by atoms with E-state index < -0.39 is 0 Å². The van der Waals surface area contributed by atoms with Gasteiger partial charge in [-0.1, -0.05) is 41.9 Å². The van der Waals surface area contributed by atoms with Crippen LogP contribution in [-0.4, -0.2) is 35.4 Å². The number of anilines is 1. The smallest absolute Gasteiger partial charge is 0.153 e. The van der Waals surface area contributed by atoms with E-state index in [1.165, 1.54) is 5.56 Å². The molecule has 3 N–H and O–H groups in total. The van der Waals surface area contributed by atoms with Crippen LogP contribution in [0.4, 0.5) is 5.69 Å². The van der Waals surface area contributed by atoms with Crippen LogP contribution in [0.25, 0.3) is 11.0 Å². The molecule has 7 heteroatoms. The summed E-state index contributed by atoms with van der Waals surface area (Å²) in [5.41, 5.74) is 3.18. The molecule has 1 aliphatic rings.